The van der Waals surface area contributed by atoms with Gasteiger partial charge in [0.15, 0.2) is 0 Å². The molecule has 4 rings (SSSR count). The Kier molecular flexibility index (Phi) is 5.50. The number of fused-ring (bicyclic) bond motifs is 1. The topological polar surface area (TPSA) is 54.9 Å². The van der Waals surface area contributed by atoms with Gasteiger partial charge in [0.25, 0.3) is 0 Å². The van der Waals surface area contributed by atoms with Crippen LogP contribution in [0.5, 0.6) is 0 Å². The molecule has 0 atom stereocenters. The van der Waals surface area contributed by atoms with E-state index in [1.165, 1.54) is 47.6 Å². The number of nitrogens with zero attached hydrogens (tertiary/aromatic N) is 2. The van der Waals surface area contributed by atoms with E-state index in [1.807, 2.05) is 5.38 Å². The Labute approximate surface area is 171 Å². The number of thiophene rings is 1. The second kappa shape index (κ2) is 8.22. The van der Waals surface area contributed by atoms with E-state index in [-0.39, 0.29) is 17.3 Å². The number of aromatic nitrogens is 2. The van der Waals surface area contributed by atoms with Crippen LogP contribution in [-0.2, 0) is 4.79 Å². The SMILES string of the molecule is O=C(CSc1ncnc2scc(-c3ccc(F)cc3)c12)Nc1ccc(F)cc1F. The second-order valence-corrected chi connectivity index (χ2v) is 7.80. The molecule has 1 N–H and O–H groups in total. The van der Waals surface area contributed by atoms with Crippen LogP contribution in [0.1, 0.15) is 0 Å². The fraction of sp³-hybridized carbons (Fsp3) is 0.0500. The maximum absolute atomic E-state index is 13.7. The Bertz CT molecular complexity index is 1200. The van der Waals surface area contributed by atoms with Crippen molar-refractivity contribution < 1.29 is 18.0 Å². The van der Waals surface area contributed by atoms with Gasteiger partial charge in [-0.25, -0.2) is 23.1 Å². The van der Waals surface area contributed by atoms with E-state index in [0.717, 1.165) is 27.4 Å². The first-order chi connectivity index (χ1) is 14.0. The average Bonchev–Trinajstić information content (AvgIpc) is 3.14. The monoisotopic (exact) mass is 431 g/mol. The number of rotatable bonds is 5. The molecule has 0 bridgehead atoms. The summed E-state index contributed by atoms with van der Waals surface area (Å²) in [5, 5.41) is 5.69. The number of benzene rings is 2. The molecule has 4 nitrogen and oxygen atoms in total. The second-order valence-electron chi connectivity index (χ2n) is 5.98. The predicted molar refractivity (Wildman–Crippen MR) is 109 cm³/mol. The fourth-order valence-electron chi connectivity index (χ4n) is 2.71. The fourth-order valence-corrected chi connectivity index (χ4v) is 4.50. The molecule has 4 aromatic rings. The van der Waals surface area contributed by atoms with Crippen LogP contribution in [0.25, 0.3) is 21.3 Å². The molecule has 0 saturated heterocycles. The number of anilines is 1. The van der Waals surface area contributed by atoms with Crippen molar-refractivity contribution in [2.45, 2.75) is 5.03 Å². The first-order valence-corrected chi connectivity index (χ1v) is 10.2. The van der Waals surface area contributed by atoms with Gasteiger partial charge < -0.3 is 5.32 Å². The van der Waals surface area contributed by atoms with Gasteiger partial charge in [-0.2, -0.15) is 0 Å². The van der Waals surface area contributed by atoms with Crippen molar-refractivity contribution in [3.8, 4) is 11.1 Å². The van der Waals surface area contributed by atoms with Gasteiger partial charge in [0.05, 0.1) is 16.8 Å². The number of nitrogens with one attached hydrogen (secondary N) is 1. The van der Waals surface area contributed by atoms with Crippen molar-refractivity contribution >= 4 is 44.9 Å². The minimum Gasteiger partial charge on any atom is -0.323 e. The Morgan fingerprint density at radius 2 is 1.79 bits per heavy atom. The van der Waals surface area contributed by atoms with E-state index in [0.29, 0.717) is 11.1 Å². The summed E-state index contributed by atoms with van der Waals surface area (Å²) in [5.74, 6) is -2.37. The van der Waals surface area contributed by atoms with E-state index < -0.39 is 17.5 Å². The molecule has 0 aliphatic rings. The van der Waals surface area contributed by atoms with Crippen LogP contribution in [-0.4, -0.2) is 21.6 Å². The molecule has 0 spiro atoms. The number of hydrogen-bond donors (Lipinski definition) is 1. The highest BCUT2D eigenvalue weighted by Crippen LogP contribution is 2.37. The molecular formula is C20H12F3N3OS2. The van der Waals surface area contributed by atoms with Crippen LogP contribution >= 0.6 is 23.1 Å². The zero-order valence-electron chi connectivity index (χ0n) is 14.7. The summed E-state index contributed by atoms with van der Waals surface area (Å²) in [6, 6.07) is 9.03. The quantitative estimate of drug-likeness (QED) is 0.335. The minimum atomic E-state index is -0.843. The van der Waals surface area contributed by atoms with E-state index in [4.69, 9.17) is 0 Å². The maximum Gasteiger partial charge on any atom is 0.234 e. The summed E-state index contributed by atoms with van der Waals surface area (Å²) in [6.07, 6.45) is 1.41. The highest BCUT2D eigenvalue weighted by Gasteiger charge is 2.15. The largest absolute Gasteiger partial charge is 0.323 e. The zero-order chi connectivity index (χ0) is 20.4. The molecule has 2 aromatic heterocycles. The van der Waals surface area contributed by atoms with E-state index in [9.17, 15) is 18.0 Å². The number of thioether (sulfide) groups is 1. The van der Waals surface area contributed by atoms with Gasteiger partial charge >= 0.3 is 0 Å². The van der Waals surface area contributed by atoms with Crippen molar-refractivity contribution in [1.82, 2.24) is 9.97 Å². The van der Waals surface area contributed by atoms with Crippen molar-refractivity contribution in [1.29, 1.82) is 0 Å². The van der Waals surface area contributed by atoms with E-state index >= 15 is 0 Å². The Hall–Kier alpha value is -2.91. The molecule has 1 amide bonds. The molecule has 0 saturated carbocycles. The lowest BCUT2D eigenvalue weighted by atomic mass is 10.1. The summed E-state index contributed by atoms with van der Waals surface area (Å²) in [5.41, 5.74) is 1.57. The molecule has 29 heavy (non-hydrogen) atoms. The summed E-state index contributed by atoms with van der Waals surface area (Å²) in [7, 11) is 0. The Morgan fingerprint density at radius 3 is 2.55 bits per heavy atom. The molecule has 0 fully saturated rings. The van der Waals surface area contributed by atoms with Gasteiger partial charge in [0.2, 0.25) is 5.91 Å². The first-order valence-electron chi connectivity index (χ1n) is 8.37. The van der Waals surface area contributed by atoms with Crippen LogP contribution in [0.3, 0.4) is 0 Å². The van der Waals surface area contributed by atoms with Gasteiger partial charge in [0.1, 0.15) is 33.6 Å². The molecule has 0 radical (unpaired) electrons. The number of hydrogen-bond acceptors (Lipinski definition) is 5. The number of carbonyl (C=O) groups is 1. The van der Waals surface area contributed by atoms with Crippen LogP contribution in [0.2, 0.25) is 0 Å². The summed E-state index contributed by atoms with van der Waals surface area (Å²) < 4.78 is 39.9. The third kappa shape index (κ3) is 4.25. The predicted octanol–water partition coefficient (Wildman–Crippen LogP) is 5.51. The van der Waals surface area contributed by atoms with Crippen LogP contribution < -0.4 is 5.32 Å². The van der Waals surface area contributed by atoms with E-state index in [1.54, 1.807) is 12.1 Å². The highest BCUT2D eigenvalue weighted by molar-refractivity contribution is 8.00. The molecule has 2 aromatic carbocycles. The molecule has 0 unspecified atom stereocenters. The van der Waals surface area contributed by atoms with Crippen LogP contribution in [0.4, 0.5) is 18.9 Å². The summed E-state index contributed by atoms with van der Waals surface area (Å²) in [4.78, 5) is 21.5. The minimum absolute atomic E-state index is 0.0262. The van der Waals surface area contributed by atoms with Gasteiger partial charge in [0, 0.05) is 17.0 Å². The maximum atomic E-state index is 13.7. The van der Waals surface area contributed by atoms with Crippen molar-refractivity contribution in [3.05, 3.63) is 71.6 Å². The third-order valence-electron chi connectivity index (χ3n) is 4.04. The standard InChI is InChI=1S/C20H12F3N3OS2/c21-12-3-1-11(2-4-12)14-8-28-19-18(14)20(25-10-24-19)29-9-17(27)26-16-6-5-13(22)7-15(16)23/h1-8,10H,9H2,(H,26,27). The lowest BCUT2D eigenvalue weighted by Crippen LogP contribution is -2.15. The first kappa shape index (κ1) is 19.4. The van der Waals surface area contributed by atoms with Gasteiger partial charge in [-0.05, 0) is 29.8 Å². The molecule has 9 heteroatoms. The summed E-state index contributed by atoms with van der Waals surface area (Å²) in [6.45, 7) is 0. The normalized spacial score (nSPS) is 11.0. The van der Waals surface area contributed by atoms with Crippen LogP contribution in [0, 0.1) is 17.5 Å². The number of amides is 1. The lowest BCUT2D eigenvalue weighted by molar-refractivity contribution is -0.113. The van der Waals surface area contributed by atoms with Gasteiger partial charge in [-0.3, -0.25) is 4.79 Å². The molecule has 2 heterocycles. The molecule has 146 valence electrons. The Balaban J connectivity index is 1.55. The smallest absolute Gasteiger partial charge is 0.234 e. The van der Waals surface area contributed by atoms with Crippen molar-refractivity contribution in [3.63, 3.8) is 0 Å². The number of carbonyl (C=O) groups excluding carboxylic acids is 1. The number of halogens is 3. The molecular weight excluding hydrogens is 419 g/mol. The van der Waals surface area contributed by atoms with Gasteiger partial charge in [-0.15, -0.1) is 11.3 Å². The summed E-state index contributed by atoms with van der Waals surface area (Å²) >= 11 is 2.60. The third-order valence-corrected chi connectivity index (χ3v) is 5.91. The highest BCUT2D eigenvalue weighted by atomic mass is 32.2. The van der Waals surface area contributed by atoms with Gasteiger partial charge in [-0.1, -0.05) is 23.9 Å². The van der Waals surface area contributed by atoms with E-state index in [2.05, 4.69) is 15.3 Å². The van der Waals surface area contributed by atoms with Crippen LogP contribution in [0.15, 0.2) is 59.2 Å². The molecule has 0 aliphatic carbocycles. The van der Waals surface area contributed by atoms with Crippen molar-refractivity contribution in [2.75, 3.05) is 11.1 Å². The van der Waals surface area contributed by atoms with Crippen molar-refractivity contribution in [2.24, 2.45) is 0 Å². The zero-order valence-corrected chi connectivity index (χ0v) is 16.3. The lowest BCUT2D eigenvalue weighted by Gasteiger charge is -2.07. The Morgan fingerprint density at radius 1 is 1.03 bits per heavy atom. The average molecular weight is 431 g/mol. The molecule has 0 aliphatic heterocycles.